The molecule has 2 N–H and O–H groups in total. The Hall–Kier alpha value is -3.63. The number of hydrogen-bond acceptors (Lipinski definition) is 6. The Labute approximate surface area is 216 Å². The van der Waals surface area contributed by atoms with E-state index in [1.807, 2.05) is 13.8 Å². The van der Waals surface area contributed by atoms with Gasteiger partial charge in [0.05, 0.1) is 42.2 Å². The first kappa shape index (κ1) is 26.4. The van der Waals surface area contributed by atoms with Crippen molar-refractivity contribution in [3.05, 3.63) is 68.2 Å². The van der Waals surface area contributed by atoms with E-state index < -0.39 is 34.9 Å². The van der Waals surface area contributed by atoms with E-state index in [-0.39, 0.29) is 48.1 Å². The van der Waals surface area contributed by atoms with Crippen LogP contribution in [-0.2, 0) is 11.2 Å². The predicted molar refractivity (Wildman–Crippen MR) is 136 cm³/mol. The van der Waals surface area contributed by atoms with E-state index in [4.69, 9.17) is 21.1 Å². The molecule has 0 aliphatic carbocycles. The number of halogens is 2. The maximum atomic E-state index is 15.2. The number of aromatic nitrogens is 1. The lowest BCUT2D eigenvalue weighted by Crippen LogP contribution is -2.26. The number of aromatic carboxylic acids is 1. The number of rotatable bonds is 8. The summed E-state index contributed by atoms with van der Waals surface area (Å²) >= 11 is 6.16. The molecule has 3 aromatic rings. The van der Waals surface area contributed by atoms with Crippen LogP contribution in [0.5, 0.6) is 5.75 Å². The summed E-state index contributed by atoms with van der Waals surface area (Å²) in [5.41, 5.74) is -0.172. The molecule has 0 saturated carbocycles. The molecule has 9 nitrogen and oxygen atoms in total. The zero-order valence-corrected chi connectivity index (χ0v) is 21.2. The van der Waals surface area contributed by atoms with Gasteiger partial charge in [0.15, 0.2) is 0 Å². The number of aliphatic hydroxyl groups excluding tert-OH is 1. The van der Waals surface area contributed by atoms with Crippen LogP contribution in [0, 0.1) is 11.7 Å². The van der Waals surface area contributed by atoms with Crippen molar-refractivity contribution in [2.45, 2.75) is 26.3 Å². The Morgan fingerprint density at radius 2 is 1.95 bits per heavy atom. The highest BCUT2D eigenvalue weighted by atomic mass is 35.5. The second-order valence-corrected chi connectivity index (χ2v) is 9.51. The molecule has 1 fully saturated rings. The number of anilines is 1. The zero-order valence-electron chi connectivity index (χ0n) is 20.5. The third-order valence-electron chi connectivity index (χ3n) is 6.51. The van der Waals surface area contributed by atoms with Crippen molar-refractivity contribution in [2.75, 3.05) is 31.8 Å². The summed E-state index contributed by atoms with van der Waals surface area (Å²) in [5.74, 6) is -1.92. The van der Waals surface area contributed by atoms with Crippen LogP contribution in [0.1, 0.15) is 41.4 Å². The molecule has 1 aromatic heterocycles. The first-order valence-electron chi connectivity index (χ1n) is 11.6. The van der Waals surface area contributed by atoms with Crippen molar-refractivity contribution >= 4 is 40.3 Å². The molecule has 1 aliphatic heterocycles. The Morgan fingerprint density at radius 1 is 1.22 bits per heavy atom. The number of amides is 1. The minimum atomic E-state index is -1.42. The molecule has 1 saturated heterocycles. The molecule has 2 aromatic carbocycles. The van der Waals surface area contributed by atoms with Crippen LogP contribution >= 0.6 is 11.6 Å². The normalized spacial score (nSPS) is 14.4. The summed E-state index contributed by atoms with van der Waals surface area (Å²) in [5, 5.41) is 19.7. The van der Waals surface area contributed by atoms with Crippen molar-refractivity contribution < 1.29 is 33.7 Å². The van der Waals surface area contributed by atoms with Crippen LogP contribution in [0.15, 0.2) is 35.3 Å². The van der Waals surface area contributed by atoms with Gasteiger partial charge in [0.1, 0.15) is 23.7 Å². The van der Waals surface area contributed by atoms with E-state index in [9.17, 15) is 24.6 Å². The van der Waals surface area contributed by atoms with Gasteiger partial charge in [-0.3, -0.25) is 9.69 Å². The fourth-order valence-corrected chi connectivity index (χ4v) is 4.81. The fourth-order valence-electron chi connectivity index (χ4n) is 4.58. The first-order chi connectivity index (χ1) is 17.6. The molecule has 0 bridgehead atoms. The second kappa shape index (κ2) is 10.4. The summed E-state index contributed by atoms with van der Waals surface area (Å²) in [6.45, 7) is 3.87. The highest BCUT2D eigenvalue weighted by molar-refractivity contribution is 6.31. The van der Waals surface area contributed by atoms with E-state index in [1.165, 1.54) is 36.4 Å². The number of ether oxygens (including phenoxy) is 2. The van der Waals surface area contributed by atoms with Gasteiger partial charge in [0, 0.05) is 24.4 Å². The van der Waals surface area contributed by atoms with Crippen molar-refractivity contribution in [3.8, 4) is 5.75 Å². The summed E-state index contributed by atoms with van der Waals surface area (Å²) in [6, 6.07) is 5.34. The van der Waals surface area contributed by atoms with Gasteiger partial charge < -0.3 is 24.3 Å². The molecule has 0 radical (unpaired) electrons. The molecule has 11 heteroatoms. The topological polar surface area (TPSA) is 118 Å². The quantitative estimate of drug-likeness (QED) is 0.445. The lowest BCUT2D eigenvalue weighted by atomic mass is 9.96. The molecule has 0 spiro atoms. The lowest BCUT2D eigenvalue weighted by Gasteiger charge is -2.25. The summed E-state index contributed by atoms with van der Waals surface area (Å²) in [6.07, 6.45) is 0.478. The molecular weight excluding hydrogens is 507 g/mol. The van der Waals surface area contributed by atoms with Gasteiger partial charge in [0.25, 0.3) is 0 Å². The largest absolute Gasteiger partial charge is 0.497 e. The zero-order chi connectivity index (χ0) is 27.0. The molecular formula is C26H26ClFN2O7. The summed E-state index contributed by atoms with van der Waals surface area (Å²) in [4.78, 5) is 38.8. The minimum Gasteiger partial charge on any atom is -0.497 e. The second-order valence-electron chi connectivity index (χ2n) is 9.10. The van der Waals surface area contributed by atoms with Gasteiger partial charge in [-0.15, -0.1) is 0 Å². The number of cyclic esters (lactones) is 1. The fraction of sp³-hybridized carbons (Fsp3) is 0.346. The molecule has 2 heterocycles. The maximum Gasteiger partial charge on any atom is 0.414 e. The predicted octanol–water partition coefficient (Wildman–Crippen LogP) is 4.24. The van der Waals surface area contributed by atoms with Gasteiger partial charge >= 0.3 is 12.1 Å². The number of aliphatic hydroxyl groups is 1. The summed E-state index contributed by atoms with van der Waals surface area (Å²) in [7, 11) is 1.43. The van der Waals surface area contributed by atoms with Crippen LogP contribution in [-0.4, -0.2) is 53.7 Å². The molecule has 1 amide bonds. The molecule has 1 aliphatic rings. The van der Waals surface area contributed by atoms with Gasteiger partial charge in [-0.1, -0.05) is 25.4 Å². The average Bonchev–Trinajstić information content (AvgIpc) is 3.28. The number of benzene rings is 2. The number of methoxy groups -OCH3 is 1. The Morgan fingerprint density at radius 3 is 2.51 bits per heavy atom. The number of fused-ring (bicyclic) bond motifs is 1. The number of carboxylic acids is 1. The molecule has 37 heavy (non-hydrogen) atoms. The van der Waals surface area contributed by atoms with Crippen LogP contribution < -0.4 is 15.1 Å². The highest BCUT2D eigenvalue weighted by Gasteiger charge is 2.27. The van der Waals surface area contributed by atoms with Gasteiger partial charge in [-0.05, 0) is 35.2 Å². The van der Waals surface area contributed by atoms with Crippen molar-refractivity contribution in [2.24, 2.45) is 5.92 Å². The third-order valence-corrected chi connectivity index (χ3v) is 6.79. The van der Waals surface area contributed by atoms with E-state index in [0.29, 0.717) is 22.5 Å². The molecule has 1 unspecified atom stereocenters. The van der Waals surface area contributed by atoms with E-state index in [0.717, 1.165) is 0 Å². The van der Waals surface area contributed by atoms with Crippen molar-refractivity contribution in [1.82, 2.24) is 4.57 Å². The SMILES string of the molecule is COc1cc(Cc2cc(N3CCOC3=O)cc(Cl)c2F)c2c(=O)c(C(=O)O)cn(C(CO)C(C)C)c2c1. The lowest BCUT2D eigenvalue weighted by molar-refractivity contribution is 0.0693. The molecule has 4 rings (SSSR count). The molecule has 1 atom stereocenters. The number of nitrogens with zero attached hydrogens (tertiary/aromatic N) is 2. The van der Waals surface area contributed by atoms with Crippen LogP contribution in [0.25, 0.3) is 10.9 Å². The smallest absolute Gasteiger partial charge is 0.414 e. The number of carbonyl (C=O) groups is 2. The standard InChI is InChI=1S/C26H26ClFN2O7/c1-13(2)21(12-31)30-11-18(25(33)34)24(32)22-14(8-17(36-3)10-20(22)30)6-15-7-16(9-19(27)23(15)28)29-4-5-37-26(29)35/h7-11,13,21,31H,4-6,12H2,1-3H3,(H,33,34). The Kier molecular flexibility index (Phi) is 7.42. The number of carbonyl (C=O) groups excluding carboxylic acids is 1. The Balaban J connectivity index is 1.99. The van der Waals surface area contributed by atoms with Gasteiger partial charge in [-0.2, -0.15) is 0 Å². The van der Waals surface area contributed by atoms with E-state index in [1.54, 1.807) is 10.6 Å². The number of hydrogen-bond donors (Lipinski definition) is 2. The van der Waals surface area contributed by atoms with Crippen LogP contribution in [0.2, 0.25) is 5.02 Å². The van der Waals surface area contributed by atoms with Gasteiger partial charge in [-0.25, -0.2) is 14.0 Å². The van der Waals surface area contributed by atoms with E-state index >= 15 is 4.39 Å². The Bertz CT molecular complexity index is 1450. The van der Waals surface area contributed by atoms with Crippen molar-refractivity contribution in [1.29, 1.82) is 0 Å². The molecule has 196 valence electrons. The first-order valence-corrected chi connectivity index (χ1v) is 12.0. The number of carboxylic acid groups (broad SMARTS) is 1. The monoisotopic (exact) mass is 532 g/mol. The van der Waals surface area contributed by atoms with Crippen LogP contribution in [0.4, 0.5) is 14.9 Å². The maximum absolute atomic E-state index is 15.2. The van der Waals surface area contributed by atoms with E-state index in [2.05, 4.69) is 0 Å². The van der Waals surface area contributed by atoms with Crippen LogP contribution in [0.3, 0.4) is 0 Å². The third kappa shape index (κ3) is 4.86. The average molecular weight is 533 g/mol. The van der Waals surface area contributed by atoms with Crippen molar-refractivity contribution in [3.63, 3.8) is 0 Å². The highest BCUT2D eigenvalue weighted by Crippen LogP contribution is 2.33. The minimum absolute atomic E-state index is 0.0568. The van der Waals surface area contributed by atoms with Gasteiger partial charge in [0.2, 0.25) is 5.43 Å². The summed E-state index contributed by atoms with van der Waals surface area (Å²) < 4.78 is 27.2. The number of pyridine rings is 1.